The molecule has 1 saturated heterocycles. The second kappa shape index (κ2) is 6.67. The quantitative estimate of drug-likeness (QED) is 0.762. The smallest absolute Gasteiger partial charge is 0.278 e. The molecule has 0 spiro atoms. The molecule has 0 aliphatic carbocycles. The highest BCUT2D eigenvalue weighted by molar-refractivity contribution is 6.33. The van der Waals surface area contributed by atoms with Gasteiger partial charge >= 0.3 is 0 Å². The number of hydrogen-bond acceptors (Lipinski definition) is 6. The minimum Gasteiger partial charge on any atom is -0.497 e. The Bertz CT molecular complexity index is 994. The van der Waals surface area contributed by atoms with Crippen LogP contribution in [0.3, 0.4) is 0 Å². The molecule has 2 heterocycles. The first-order valence-corrected chi connectivity index (χ1v) is 8.88. The third-order valence-electron chi connectivity index (χ3n) is 5.16. The molecule has 144 valence electrons. The van der Waals surface area contributed by atoms with Crippen LogP contribution in [-0.2, 0) is 14.4 Å². The largest absolute Gasteiger partial charge is 0.497 e. The molecule has 1 fully saturated rings. The van der Waals surface area contributed by atoms with E-state index in [2.05, 4.69) is 5.16 Å². The number of nitrogens with zero attached hydrogens (tertiary/aromatic N) is 2. The van der Waals surface area contributed by atoms with Crippen LogP contribution < -0.4 is 14.4 Å². The Labute approximate surface area is 162 Å². The van der Waals surface area contributed by atoms with E-state index in [0.717, 1.165) is 11.1 Å². The molecule has 0 N–H and O–H groups in total. The number of ether oxygens (including phenoxy) is 2. The van der Waals surface area contributed by atoms with E-state index < -0.39 is 17.9 Å². The summed E-state index contributed by atoms with van der Waals surface area (Å²) < 4.78 is 10.7. The molecule has 0 saturated carbocycles. The van der Waals surface area contributed by atoms with Gasteiger partial charge in [0.15, 0.2) is 0 Å². The first-order valence-electron chi connectivity index (χ1n) is 8.88. The normalized spacial score (nSPS) is 20.7. The van der Waals surface area contributed by atoms with Crippen LogP contribution >= 0.6 is 0 Å². The Morgan fingerprint density at radius 3 is 2.36 bits per heavy atom. The van der Waals surface area contributed by atoms with Gasteiger partial charge in [0, 0.05) is 5.56 Å². The van der Waals surface area contributed by atoms with Crippen molar-refractivity contribution in [3.05, 3.63) is 53.1 Å². The fourth-order valence-electron chi connectivity index (χ4n) is 3.79. The van der Waals surface area contributed by atoms with E-state index in [1.165, 1.54) is 12.0 Å². The standard InChI is InChI=1S/C21H20N2O5/c1-11-6-5-7-12(2)18(11)23-20(24)16-17(22-28-19(16)21(23)25)14-10-13(26-3)8-9-15(14)27-4/h5-10,16,19H,1-4H3. The van der Waals surface area contributed by atoms with Crippen molar-refractivity contribution in [3.8, 4) is 11.5 Å². The molecule has 0 aromatic heterocycles. The summed E-state index contributed by atoms with van der Waals surface area (Å²) in [6.45, 7) is 3.75. The summed E-state index contributed by atoms with van der Waals surface area (Å²) in [5.74, 6) is -0.478. The fourth-order valence-corrected chi connectivity index (χ4v) is 3.79. The summed E-state index contributed by atoms with van der Waals surface area (Å²) in [7, 11) is 3.08. The van der Waals surface area contributed by atoms with E-state index in [1.807, 2.05) is 32.0 Å². The number of benzene rings is 2. The van der Waals surface area contributed by atoms with Gasteiger partial charge < -0.3 is 14.3 Å². The number of oxime groups is 1. The molecule has 2 aromatic rings. The Morgan fingerprint density at radius 1 is 1.00 bits per heavy atom. The number of amides is 2. The topological polar surface area (TPSA) is 77.4 Å². The van der Waals surface area contributed by atoms with Crippen molar-refractivity contribution < 1.29 is 23.9 Å². The van der Waals surface area contributed by atoms with Gasteiger partial charge in [-0.15, -0.1) is 0 Å². The first kappa shape index (κ1) is 18.0. The van der Waals surface area contributed by atoms with Crippen molar-refractivity contribution in [2.75, 3.05) is 19.1 Å². The minimum atomic E-state index is -0.975. The van der Waals surface area contributed by atoms with Gasteiger partial charge in [-0.1, -0.05) is 23.4 Å². The average molecular weight is 380 g/mol. The summed E-state index contributed by atoms with van der Waals surface area (Å²) in [6.07, 6.45) is -0.975. The Hall–Kier alpha value is -3.35. The van der Waals surface area contributed by atoms with Crippen LogP contribution in [0.4, 0.5) is 5.69 Å². The van der Waals surface area contributed by atoms with E-state index in [4.69, 9.17) is 14.3 Å². The molecule has 0 bridgehead atoms. The lowest BCUT2D eigenvalue weighted by molar-refractivity contribution is -0.126. The Kier molecular flexibility index (Phi) is 4.30. The molecule has 2 aliphatic heterocycles. The van der Waals surface area contributed by atoms with Crippen molar-refractivity contribution in [3.63, 3.8) is 0 Å². The van der Waals surface area contributed by atoms with Gasteiger partial charge in [0.05, 0.1) is 19.9 Å². The van der Waals surface area contributed by atoms with Crippen LogP contribution in [0, 0.1) is 19.8 Å². The Balaban J connectivity index is 1.78. The highest BCUT2D eigenvalue weighted by Crippen LogP contribution is 2.39. The summed E-state index contributed by atoms with van der Waals surface area (Å²) in [5, 5.41) is 4.06. The van der Waals surface area contributed by atoms with Gasteiger partial charge in [0.2, 0.25) is 12.0 Å². The number of aryl methyl sites for hydroxylation is 2. The highest BCUT2D eigenvalue weighted by Gasteiger charge is 2.57. The van der Waals surface area contributed by atoms with E-state index in [-0.39, 0.29) is 5.91 Å². The number of carbonyl (C=O) groups excluding carboxylic acids is 2. The zero-order valence-electron chi connectivity index (χ0n) is 16.1. The SMILES string of the molecule is COc1ccc(OC)c(C2=NOC3C(=O)N(c4c(C)cccc4C)C(=O)C23)c1. The number of fused-ring (bicyclic) bond motifs is 1. The van der Waals surface area contributed by atoms with Gasteiger partial charge in [-0.25, -0.2) is 4.90 Å². The third-order valence-corrected chi connectivity index (χ3v) is 5.16. The lowest BCUT2D eigenvalue weighted by Crippen LogP contribution is -2.34. The predicted molar refractivity (Wildman–Crippen MR) is 103 cm³/mol. The van der Waals surface area contributed by atoms with Gasteiger partial charge in [-0.2, -0.15) is 0 Å². The number of carbonyl (C=O) groups is 2. The van der Waals surface area contributed by atoms with Crippen LogP contribution in [0.2, 0.25) is 0 Å². The van der Waals surface area contributed by atoms with Crippen molar-refractivity contribution in [1.29, 1.82) is 0 Å². The maximum absolute atomic E-state index is 13.3. The number of hydrogen-bond donors (Lipinski definition) is 0. The molecule has 2 amide bonds. The number of rotatable bonds is 4. The van der Waals surface area contributed by atoms with Crippen LogP contribution in [0.25, 0.3) is 0 Å². The maximum Gasteiger partial charge on any atom is 0.278 e. The molecule has 2 atom stereocenters. The summed E-state index contributed by atoms with van der Waals surface area (Å²) >= 11 is 0. The van der Waals surface area contributed by atoms with E-state index in [1.54, 1.807) is 25.3 Å². The lowest BCUT2D eigenvalue weighted by atomic mass is 9.93. The van der Waals surface area contributed by atoms with Crippen LogP contribution in [0.15, 0.2) is 41.6 Å². The zero-order chi connectivity index (χ0) is 20.0. The van der Waals surface area contributed by atoms with Crippen molar-refractivity contribution in [2.24, 2.45) is 11.1 Å². The predicted octanol–water partition coefficient (Wildman–Crippen LogP) is 2.61. The molecule has 7 nitrogen and oxygen atoms in total. The van der Waals surface area contributed by atoms with E-state index >= 15 is 0 Å². The molecule has 7 heteroatoms. The first-order chi connectivity index (χ1) is 13.5. The van der Waals surface area contributed by atoms with Gasteiger partial charge in [0.1, 0.15) is 23.1 Å². The third kappa shape index (κ3) is 2.54. The van der Waals surface area contributed by atoms with Crippen molar-refractivity contribution in [2.45, 2.75) is 20.0 Å². The fraction of sp³-hybridized carbons (Fsp3) is 0.286. The molecular weight excluding hydrogens is 360 g/mol. The summed E-state index contributed by atoms with van der Waals surface area (Å²) in [6, 6.07) is 10.8. The van der Waals surface area contributed by atoms with Crippen LogP contribution in [0.5, 0.6) is 11.5 Å². The van der Waals surface area contributed by atoms with Crippen LogP contribution in [-0.4, -0.2) is 37.8 Å². The molecule has 2 aliphatic rings. The Morgan fingerprint density at radius 2 is 1.71 bits per heavy atom. The molecule has 0 radical (unpaired) electrons. The van der Waals surface area contributed by atoms with E-state index in [9.17, 15) is 9.59 Å². The average Bonchev–Trinajstić information content (AvgIpc) is 3.23. The number of para-hydroxylation sites is 1. The monoisotopic (exact) mass is 380 g/mol. The number of anilines is 1. The lowest BCUT2D eigenvalue weighted by Gasteiger charge is -2.20. The molecule has 4 rings (SSSR count). The number of methoxy groups -OCH3 is 2. The minimum absolute atomic E-state index is 0.353. The second-order valence-corrected chi connectivity index (χ2v) is 6.80. The maximum atomic E-state index is 13.3. The van der Waals surface area contributed by atoms with Gasteiger partial charge in [-0.05, 0) is 43.2 Å². The van der Waals surface area contributed by atoms with Crippen LogP contribution in [0.1, 0.15) is 16.7 Å². The molecule has 2 unspecified atom stereocenters. The molecule has 2 aromatic carbocycles. The van der Waals surface area contributed by atoms with Gasteiger partial charge in [-0.3, -0.25) is 9.59 Å². The molecular formula is C21H20N2O5. The summed E-state index contributed by atoms with van der Waals surface area (Å²) in [5.41, 5.74) is 3.23. The second-order valence-electron chi connectivity index (χ2n) is 6.80. The van der Waals surface area contributed by atoms with E-state index in [0.29, 0.717) is 28.5 Å². The summed E-state index contributed by atoms with van der Waals surface area (Å²) in [4.78, 5) is 33.0. The zero-order valence-corrected chi connectivity index (χ0v) is 16.1. The number of imide groups is 1. The molecule has 28 heavy (non-hydrogen) atoms. The van der Waals surface area contributed by atoms with Gasteiger partial charge in [0.25, 0.3) is 5.91 Å². The van der Waals surface area contributed by atoms with Crippen molar-refractivity contribution in [1.82, 2.24) is 0 Å². The highest BCUT2D eigenvalue weighted by atomic mass is 16.7. The van der Waals surface area contributed by atoms with Crippen molar-refractivity contribution >= 4 is 23.2 Å².